The van der Waals surface area contributed by atoms with Gasteiger partial charge in [0.2, 0.25) is 5.91 Å². The average Bonchev–Trinajstić information content (AvgIpc) is 3.47. The van der Waals surface area contributed by atoms with Gasteiger partial charge in [0.15, 0.2) is 0 Å². The molecule has 5 rings (SSSR count). The van der Waals surface area contributed by atoms with E-state index in [0.717, 1.165) is 11.1 Å². The van der Waals surface area contributed by atoms with E-state index >= 15 is 0 Å². The zero-order valence-electron chi connectivity index (χ0n) is 21.5. The summed E-state index contributed by atoms with van der Waals surface area (Å²) >= 11 is 0. The highest BCUT2D eigenvalue weighted by atomic mass is 19.4. The molecule has 5 nitrogen and oxygen atoms in total. The smallest absolute Gasteiger partial charge is 0.368 e. The summed E-state index contributed by atoms with van der Waals surface area (Å²) in [6.45, 7) is 1.48. The molecule has 0 saturated carbocycles. The fourth-order valence-electron chi connectivity index (χ4n) is 5.86. The first-order chi connectivity index (χ1) is 18.7. The molecule has 1 amide bonds. The van der Waals surface area contributed by atoms with Crippen molar-refractivity contribution in [1.29, 1.82) is 0 Å². The van der Waals surface area contributed by atoms with E-state index in [1.165, 1.54) is 25.2 Å². The minimum Gasteiger partial charge on any atom is -0.368 e. The second-order valence-corrected chi connectivity index (χ2v) is 10.4. The monoisotopic (exact) mass is 569 g/mol. The number of amides is 1. The number of halogens is 7. The number of benzene rings is 1. The Kier molecular flexibility index (Phi) is 7.18. The van der Waals surface area contributed by atoms with Gasteiger partial charge in [-0.15, -0.1) is 0 Å². The number of allylic oxidation sites excluding steroid dienone is 4. The molecule has 0 spiro atoms. The molecular weight excluding hydrogens is 543 g/mol. The molecule has 12 heteroatoms. The SMILES string of the molecule is C[C@@H](O[C@H]1CN2C(=O)C=C(c3cnn(C)c3)CC2C1C1C=CC(F)=CC1)c1cc(C(F)(F)F)cc(C(F)(F)F)c1. The molecule has 3 unspecified atom stereocenters. The number of carbonyl (C=O) groups excluding carboxylic acids is 1. The second kappa shape index (κ2) is 10.2. The topological polar surface area (TPSA) is 47.4 Å². The van der Waals surface area contributed by atoms with Gasteiger partial charge in [0.1, 0.15) is 5.83 Å². The Morgan fingerprint density at radius 1 is 1.07 bits per heavy atom. The first-order valence-corrected chi connectivity index (χ1v) is 12.7. The Labute approximate surface area is 225 Å². The summed E-state index contributed by atoms with van der Waals surface area (Å²) in [7, 11) is 1.75. The van der Waals surface area contributed by atoms with Crippen molar-refractivity contribution >= 4 is 11.5 Å². The summed E-state index contributed by atoms with van der Waals surface area (Å²) in [6, 6.07) is 1.01. The fraction of sp³-hybridized carbons (Fsp3) is 0.429. The molecule has 1 fully saturated rings. The Morgan fingerprint density at radius 3 is 2.30 bits per heavy atom. The molecule has 0 radical (unpaired) electrons. The van der Waals surface area contributed by atoms with Gasteiger partial charge in [-0.3, -0.25) is 9.48 Å². The molecule has 5 atom stereocenters. The van der Waals surface area contributed by atoms with Crippen LogP contribution in [0.4, 0.5) is 30.7 Å². The third-order valence-electron chi connectivity index (χ3n) is 7.78. The molecule has 1 aromatic carbocycles. The molecule has 3 heterocycles. The largest absolute Gasteiger partial charge is 0.416 e. The number of carbonyl (C=O) groups is 1. The van der Waals surface area contributed by atoms with Gasteiger partial charge in [0.25, 0.3) is 0 Å². The lowest BCUT2D eigenvalue weighted by molar-refractivity contribution is -0.143. The minimum absolute atomic E-state index is 0.0763. The summed E-state index contributed by atoms with van der Waals surface area (Å²) in [4.78, 5) is 14.8. The third-order valence-corrected chi connectivity index (χ3v) is 7.78. The van der Waals surface area contributed by atoms with Crippen molar-refractivity contribution in [1.82, 2.24) is 14.7 Å². The van der Waals surface area contributed by atoms with Crippen LogP contribution < -0.4 is 0 Å². The molecule has 0 bridgehead atoms. The molecule has 2 aliphatic heterocycles. The zero-order chi connectivity index (χ0) is 29.0. The lowest BCUT2D eigenvalue weighted by atomic mass is 9.77. The minimum atomic E-state index is -4.99. The van der Waals surface area contributed by atoms with Crippen LogP contribution in [-0.2, 0) is 28.9 Å². The Balaban J connectivity index is 1.46. The summed E-state index contributed by atoms with van der Waals surface area (Å²) in [5.41, 5.74) is -1.61. The molecule has 2 aromatic rings. The van der Waals surface area contributed by atoms with Crippen LogP contribution in [0.25, 0.3) is 5.57 Å². The van der Waals surface area contributed by atoms with E-state index in [0.29, 0.717) is 25.0 Å². The van der Waals surface area contributed by atoms with E-state index in [1.807, 2.05) is 0 Å². The maximum absolute atomic E-state index is 13.8. The van der Waals surface area contributed by atoms with Crippen molar-refractivity contribution in [2.45, 2.75) is 50.4 Å². The van der Waals surface area contributed by atoms with Crippen molar-refractivity contribution in [2.75, 3.05) is 6.54 Å². The third kappa shape index (κ3) is 5.59. The van der Waals surface area contributed by atoms with E-state index < -0.39 is 41.5 Å². The standard InChI is InChI=1S/C28H26F7N3O2/c1-15(17-7-20(27(30,31)32)11-21(8-17)28(33,34)35)40-24-14-38-23(26(24)16-3-5-22(29)6-4-16)9-18(10-25(38)39)19-12-36-37(2)13-19/h3,5-8,10-13,15-16,23-24,26H,4,9,14H2,1-2H3/t15-,16?,23?,24+,26?/m1/s1. The highest BCUT2D eigenvalue weighted by molar-refractivity contribution is 5.97. The number of aromatic nitrogens is 2. The molecule has 214 valence electrons. The summed E-state index contributed by atoms with van der Waals surface area (Å²) < 4.78 is 102. The highest BCUT2D eigenvalue weighted by Gasteiger charge is 2.49. The Bertz CT molecular complexity index is 1360. The zero-order valence-corrected chi connectivity index (χ0v) is 21.5. The number of alkyl halides is 6. The van der Waals surface area contributed by atoms with Crippen molar-refractivity contribution in [2.24, 2.45) is 18.9 Å². The molecule has 0 N–H and O–H groups in total. The maximum Gasteiger partial charge on any atom is 0.416 e. The van der Waals surface area contributed by atoms with Gasteiger partial charge in [0, 0.05) is 43.4 Å². The first-order valence-electron chi connectivity index (χ1n) is 12.7. The lowest BCUT2D eigenvalue weighted by Gasteiger charge is -2.35. The second-order valence-electron chi connectivity index (χ2n) is 10.4. The van der Waals surface area contributed by atoms with Crippen LogP contribution in [0.5, 0.6) is 0 Å². The molecule has 1 aliphatic carbocycles. The van der Waals surface area contributed by atoms with Gasteiger partial charge < -0.3 is 9.64 Å². The molecule has 1 aromatic heterocycles. The number of ether oxygens (including phenoxy) is 1. The van der Waals surface area contributed by atoms with E-state index in [2.05, 4.69) is 5.10 Å². The Hall–Kier alpha value is -3.41. The van der Waals surface area contributed by atoms with E-state index in [-0.39, 0.29) is 42.0 Å². The van der Waals surface area contributed by atoms with Gasteiger partial charge in [-0.25, -0.2) is 4.39 Å². The number of nitrogens with zero attached hydrogens (tertiary/aromatic N) is 3. The quantitative estimate of drug-likeness (QED) is 0.379. The number of fused-ring (bicyclic) bond motifs is 1. The van der Waals surface area contributed by atoms with Crippen molar-refractivity contribution < 1.29 is 40.3 Å². The maximum atomic E-state index is 13.8. The van der Waals surface area contributed by atoms with E-state index in [4.69, 9.17) is 4.74 Å². The number of rotatable bonds is 5. The van der Waals surface area contributed by atoms with Gasteiger partial charge in [0.05, 0.1) is 29.5 Å². The number of aryl methyl sites for hydroxylation is 1. The van der Waals surface area contributed by atoms with Gasteiger partial charge in [-0.05, 0) is 67.2 Å². The van der Waals surface area contributed by atoms with Crippen molar-refractivity contribution in [3.05, 3.63) is 83.0 Å². The van der Waals surface area contributed by atoms with Crippen LogP contribution >= 0.6 is 0 Å². The first kappa shape index (κ1) is 28.1. The normalized spacial score (nSPS) is 26.0. The van der Waals surface area contributed by atoms with Gasteiger partial charge in [-0.2, -0.15) is 31.4 Å². The van der Waals surface area contributed by atoms with Crippen LogP contribution in [0, 0.1) is 11.8 Å². The van der Waals surface area contributed by atoms with E-state index in [9.17, 15) is 35.5 Å². The molecule has 1 saturated heterocycles. The van der Waals surface area contributed by atoms with Crippen molar-refractivity contribution in [3.63, 3.8) is 0 Å². The number of hydrogen-bond donors (Lipinski definition) is 0. The molecule has 3 aliphatic rings. The van der Waals surface area contributed by atoms with Crippen LogP contribution in [0.2, 0.25) is 0 Å². The average molecular weight is 570 g/mol. The number of hydrogen-bond acceptors (Lipinski definition) is 3. The summed E-state index contributed by atoms with van der Waals surface area (Å²) in [6.07, 6.45) is -1.76. The molecule has 40 heavy (non-hydrogen) atoms. The van der Waals surface area contributed by atoms with Crippen molar-refractivity contribution in [3.8, 4) is 0 Å². The van der Waals surface area contributed by atoms with E-state index in [1.54, 1.807) is 35.1 Å². The van der Waals surface area contributed by atoms with Gasteiger partial charge >= 0.3 is 12.4 Å². The lowest BCUT2D eigenvalue weighted by Crippen LogP contribution is -2.41. The van der Waals surface area contributed by atoms with Crippen LogP contribution in [0.1, 0.15) is 48.1 Å². The van der Waals surface area contributed by atoms with Crippen LogP contribution in [-0.4, -0.2) is 39.3 Å². The van der Waals surface area contributed by atoms with Crippen LogP contribution in [0.3, 0.4) is 0 Å². The Morgan fingerprint density at radius 2 is 1.75 bits per heavy atom. The fourth-order valence-corrected chi connectivity index (χ4v) is 5.86. The molecular formula is C28H26F7N3O2. The highest BCUT2D eigenvalue weighted by Crippen LogP contribution is 2.45. The van der Waals surface area contributed by atoms with Gasteiger partial charge in [-0.1, -0.05) is 6.08 Å². The summed E-state index contributed by atoms with van der Waals surface area (Å²) in [5.74, 6) is -1.34. The summed E-state index contributed by atoms with van der Waals surface area (Å²) in [5, 5.41) is 4.16. The van der Waals surface area contributed by atoms with Crippen LogP contribution in [0.15, 0.2) is 60.7 Å². The predicted octanol–water partition coefficient (Wildman–Crippen LogP) is 6.65. The predicted molar refractivity (Wildman–Crippen MR) is 131 cm³/mol.